The second kappa shape index (κ2) is 6.70. The van der Waals surface area contributed by atoms with Crippen molar-refractivity contribution in [3.8, 4) is 0 Å². The van der Waals surface area contributed by atoms with Crippen molar-refractivity contribution < 1.29 is 4.79 Å². The van der Waals surface area contributed by atoms with Crippen LogP contribution in [0.2, 0.25) is 0 Å². The molecule has 1 saturated heterocycles. The van der Waals surface area contributed by atoms with E-state index in [0.29, 0.717) is 5.92 Å². The van der Waals surface area contributed by atoms with Crippen LogP contribution < -0.4 is 5.73 Å². The molecule has 1 amide bonds. The standard InChI is InChI=1S/C16H21N5O/c17-15(14-6-2-1-3-7-14)16(22)20-8-4-5-13(9-20)10-21-12-18-11-19-21/h1-3,6-7,11-13,15H,4-5,8-10,17H2/t13-,15+/m0/s1. The second-order valence-electron chi connectivity index (χ2n) is 5.80. The lowest BCUT2D eigenvalue weighted by atomic mass is 9.96. The van der Waals surface area contributed by atoms with Crippen molar-refractivity contribution >= 4 is 5.91 Å². The summed E-state index contributed by atoms with van der Waals surface area (Å²) in [5.41, 5.74) is 7.00. The minimum atomic E-state index is -0.577. The smallest absolute Gasteiger partial charge is 0.244 e. The molecule has 1 fully saturated rings. The lowest BCUT2D eigenvalue weighted by Crippen LogP contribution is -2.45. The van der Waals surface area contributed by atoms with E-state index < -0.39 is 6.04 Å². The quantitative estimate of drug-likeness (QED) is 0.921. The maximum atomic E-state index is 12.6. The van der Waals surface area contributed by atoms with Gasteiger partial charge in [-0.1, -0.05) is 30.3 Å². The SMILES string of the molecule is N[C@@H](C(=O)N1CCC[C@H](Cn2cncn2)C1)c1ccccc1. The monoisotopic (exact) mass is 299 g/mol. The van der Waals surface area contributed by atoms with Gasteiger partial charge in [-0.3, -0.25) is 9.48 Å². The van der Waals surface area contributed by atoms with Gasteiger partial charge in [0.2, 0.25) is 5.91 Å². The molecule has 0 aliphatic carbocycles. The molecule has 1 aliphatic rings. The van der Waals surface area contributed by atoms with Crippen molar-refractivity contribution in [2.75, 3.05) is 13.1 Å². The molecular formula is C16H21N5O. The molecule has 2 N–H and O–H groups in total. The van der Waals surface area contributed by atoms with Gasteiger partial charge in [-0.25, -0.2) is 4.98 Å². The first-order valence-electron chi connectivity index (χ1n) is 7.66. The Morgan fingerprint density at radius 1 is 1.36 bits per heavy atom. The minimum absolute atomic E-state index is 0.00879. The van der Waals surface area contributed by atoms with Crippen LogP contribution in [0.5, 0.6) is 0 Å². The van der Waals surface area contributed by atoms with E-state index in [-0.39, 0.29) is 5.91 Å². The van der Waals surface area contributed by atoms with Crippen LogP contribution in [0.15, 0.2) is 43.0 Å². The van der Waals surface area contributed by atoms with Gasteiger partial charge in [0.15, 0.2) is 0 Å². The number of rotatable bonds is 4. The zero-order valence-electron chi connectivity index (χ0n) is 12.5. The number of nitrogens with zero attached hydrogens (tertiary/aromatic N) is 4. The van der Waals surface area contributed by atoms with Gasteiger partial charge < -0.3 is 10.6 Å². The van der Waals surface area contributed by atoms with E-state index >= 15 is 0 Å². The second-order valence-corrected chi connectivity index (χ2v) is 5.80. The first-order valence-corrected chi connectivity index (χ1v) is 7.66. The Balaban J connectivity index is 1.62. The van der Waals surface area contributed by atoms with Gasteiger partial charge in [0.1, 0.15) is 18.7 Å². The molecule has 0 spiro atoms. The topological polar surface area (TPSA) is 77.0 Å². The van der Waals surface area contributed by atoms with E-state index in [9.17, 15) is 4.79 Å². The van der Waals surface area contributed by atoms with Crippen LogP contribution in [0.1, 0.15) is 24.4 Å². The Labute approximate surface area is 129 Å². The van der Waals surface area contributed by atoms with Crippen molar-refractivity contribution in [1.82, 2.24) is 19.7 Å². The molecule has 2 heterocycles. The molecule has 2 atom stereocenters. The van der Waals surface area contributed by atoms with Gasteiger partial charge in [0.25, 0.3) is 0 Å². The zero-order valence-corrected chi connectivity index (χ0v) is 12.5. The molecule has 22 heavy (non-hydrogen) atoms. The van der Waals surface area contributed by atoms with Crippen molar-refractivity contribution in [3.05, 3.63) is 48.5 Å². The maximum Gasteiger partial charge on any atom is 0.244 e. The number of benzene rings is 1. The van der Waals surface area contributed by atoms with Crippen molar-refractivity contribution in [2.24, 2.45) is 11.7 Å². The number of carbonyl (C=O) groups is 1. The van der Waals surface area contributed by atoms with Gasteiger partial charge in [0, 0.05) is 19.6 Å². The summed E-state index contributed by atoms with van der Waals surface area (Å²) >= 11 is 0. The summed E-state index contributed by atoms with van der Waals surface area (Å²) in [6.07, 6.45) is 5.37. The van der Waals surface area contributed by atoms with Gasteiger partial charge in [-0.2, -0.15) is 5.10 Å². The van der Waals surface area contributed by atoms with Crippen LogP contribution in [-0.2, 0) is 11.3 Å². The fourth-order valence-electron chi connectivity index (χ4n) is 3.01. The Morgan fingerprint density at radius 2 is 2.18 bits per heavy atom. The average molecular weight is 299 g/mol. The highest BCUT2D eigenvalue weighted by atomic mass is 16.2. The number of carbonyl (C=O) groups excluding carboxylic acids is 1. The van der Waals surface area contributed by atoms with Crippen LogP contribution in [0, 0.1) is 5.92 Å². The van der Waals surface area contributed by atoms with E-state index in [2.05, 4.69) is 10.1 Å². The molecule has 6 heteroatoms. The largest absolute Gasteiger partial charge is 0.341 e. The predicted octanol–water partition coefficient (Wildman–Crippen LogP) is 1.22. The third-order valence-electron chi connectivity index (χ3n) is 4.17. The molecule has 116 valence electrons. The molecule has 1 aliphatic heterocycles. The average Bonchev–Trinajstić information content (AvgIpc) is 3.07. The van der Waals surface area contributed by atoms with E-state index in [1.807, 2.05) is 39.9 Å². The maximum absolute atomic E-state index is 12.6. The normalized spacial score (nSPS) is 19.9. The number of hydrogen-bond donors (Lipinski definition) is 1. The van der Waals surface area contributed by atoms with Gasteiger partial charge in [-0.15, -0.1) is 0 Å². The molecule has 1 aromatic heterocycles. The van der Waals surface area contributed by atoms with Crippen molar-refractivity contribution in [1.29, 1.82) is 0 Å². The van der Waals surface area contributed by atoms with E-state index in [1.165, 1.54) is 6.33 Å². The highest BCUT2D eigenvalue weighted by Crippen LogP contribution is 2.21. The van der Waals surface area contributed by atoms with E-state index in [0.717, 1.165) is 38.0 Å². The highest BCUT2D eigenvalue weighted by Gasteiger charge is 2.28. The fraction of sp³-hybridized carbons (Fsp3) is 0.438. The number of likely N-dealkylation sites (tertiary alicyclic amines) is 1. The van der Waals surface area contributed by atoms with Crippen LogP contribution in [0.3, 0.4) is 0 Å². The molecule has 2 aromatic rings. The first kappa shape index (κ1) is 14.7. The van der Waals surface area contributed by atoms with Crippen LogP contribution >= 0.6 is 0 Å². The third-order valence-corrected chi connectivity index (χ3v) is 4.17. The van der Waals surface area contributed by atoms with Crippen LogP contribution in [-0.4, -0.2) is 38.7 Å². The van der Waals surface area contributed by atoms with E-state index in [4.69, 9.17) is 5.73 Å². The zero-order chi connectivity index (χ0) is 15.4. The molecule has 3 rings (SSSR count). The summed E-state index contributed by atoms with van der Waals surface area (Å²) in [7, 11) is 0. The van der Waals surface area contributed by atoms with E-state index in [1.54, 1.807) is 6.33 Å². The van der Waals surface area contributed by atoms with Crippen molar-refractivity contribution in [3.63, 3.8) is 0 Å². The number of piperidine rings is 1. The predicted molar refractivity (Wildman–Crippen MR) is 82.7 cm³/mol. The first-order chi connectivity index (χ1) is 10.7. The highest BCUT2D eigenvalue weighted by molar-refractivity contribution is 5.83. The summed E-state index contributed by atoms with van der Waals surface area (Å²) in [6.45, 7) is 2.32. The molecule has 0 radical (unpaired) electrons. The Bertz CT molecular complexity index is 598. The Morgan fingerprint density at radius 3 is 2.91 bits per heavy atom. The van der Waals surface area contributed by atoms with Crippen LogP contribution in [0.25, 0.3) is 0 Å². The Kier molecular flexibility index (Phi) is 4.48. The number of hydrogen-bond acceptors (Lipinski definition) is 4. The summed E-state index contributed by atoms with van der Waals surface area (Å²) in [6, 6.07) is 8.97. The van der Waals surface area contributed by atoms with Crippen molar-refractivity contribution in [2.45, 2.75) is 25.4 Å². The fourth-order valence-corrected chi connectivity index (χ4v) is 3.01. The number of aromatic nitrogens is 3. The lowest BCUT2D eigenvalue weighted by Gasteiger charge is -2.34. The number of amides is 1. The summed E-state index contributed by atoms with van der Waals surface area (Å²) in [4.78, 5) is 18.5. The summed E-state index contributed by atoms with van der Waals surface area (Å²) in [5.74, 6) is 0.414. The Hall–Kier alpha value is -2.21. The molecular weight excluding hydrogens is 278 g/mol. The summed E-state index contributed by atoms with van der Waals surface area (Å²) < 4.78 is 1.83. The van der Waals surface area contributed by atoms with Gasteiger partial charge in [-0.05, 0) is 24.3 Å². The molecule has 1 aromatic carbocycles. The minimum Gasteiger partial charge on any atom is -0.341 e. The molecule has 0 unspecified atom stereocenters. The van der Waals surface area contributed by atoms with Crippen LogP contribution in [0.4, 0.5) is 0 Å². The molecule has 0 saturated carbocycles. The van der Waals surface area contributed by atoms with Gasteiger partial charge in [0.05, 0.1) is 0 Å². The number of nitrogens with two attached hydrogens (primary N) is 1. The molecule has 0 bridgehead atoms. The lowest BCUT2D eigenvalue weighted by molar-refractivity contribution is -0.134. The molecule has 6 nitrogen and oxygen atoms in total. The third kappa shape index (κ3) is 3.33. The van der Waals surface area contributed by atoms with Gasteiger partial charge >= 0.3 is 0 Å². The summed E-state index contributed by atoms with van der Waals surface area (Å²) in [5, 5.41) is 4.14.